The third-order valence-corrected chi connectivity index (χ3v) is 5.01. The van der Waals surface area contributed by atoms with Gasteiger partial charge >= 0.3 is 0 Å². The molecule has 4 rings (SSSR count). The van der Waals surface area contributed by atoms with Gasteiger partial charge in [0.25, 0.3) is 5.91 Å². The van der Waals surface area contributed by atoms with Crippen molar-refractivity contribution in [2.24, 2.45) is 0 Å². The summed E-state index contributed by atoms with van der Waals surface area (Å²) >= 11 is 0. The van der Waals surface area contributed by atoms with E-state index in [1.165, 1.54) is 0 Å². The zero-order valence-electron chi connectivity index (χ0n) is 15.0. The van der Waals surface area contributed by atoms with Gasteiger partial charge in [0.05, 0.1) is 25.4 Å². The molecule has 2 N–H and O–H groups in total. The predicted molar refractivity (Wildman–Crippen MR) is 98.3 cm³/mol. The van der Waals surface area contributed by atoms with Gasteiger partial charge in [-0.25, -0.2) is 0 Å². The lowest BCUT2D eigenvalue weighted by molar-refractivity contribution is -0.155. The van der Waals surface area contributed by atoms with Crippen LogP contribution in [0.25, 0.3) is 0 Å². The Kier molecular flexibility index (Phi) is 5.11. The summed E-state index contributed by atoms with van der Waals surface area (Å²) in [5, 5.41) is 13.1. The summed E-state index contributed by atoms with van der Waals surface area (Å²) in [4.78, 5) is 12.5. The van der Waals surface area contributed by atoms with Crippen LogP contribution < -0.4 is 10.1 Å². The van der Waals surface area contributed by atoms with Crippen molar-refractivity contribution in [3.05, 3.63) is 65.7 Å². The molecule has 6 nitrogen and oxygen atoms in total. The maximum absolute atomic E-state index is 12.5. The fraction of sp³-hybridized carbons (Fsp3) is 0.381. The molecule has 1 saturated heterocycles. The summed E-state index contributed by atoms with van der Waals surface area (Å²) in [6.07, 6.45) is 0.156. The Bertz CT molecular complexity index is 771. The molecular formula is C21H23NO5. The molecule has 27 heavy (non-hydrogen) atoms. The molecule has 6 heteroatoms. The van der Waals surface area contributed by atoms with Crippen molar-refractivity contribution in [1.29, 1.82) is 0 Å². The second-order valence-electron chi connectivity index (χ2n) is 6.96. The lowest BCUT2D eigenvalue weighted by atomic mass is 10.1. The fourth-order valence-corrected chi connectivity index (χ4v) is 3.59. The highest BCUT2D eigenvalue weighted by molar-refractivity contribution is 5.94. The minimum absolute atomic E-state index is 0.233. The molecule has 0 aromatic heterocycles. The number of hydrogen-bond donors (Lipinski definition) is 2. The van der Waals surface area contributed by atoms with E-state index in [0.717, 1.165) is 5.56 Å². The fourth-order valence-electron chi connectivity index (χ4n) is 3.59. The highest BCUT2D eigenvalue weighted by Gasteiger charge is 2.49. The minimum Gasteiger partial charge on any atom is -0.489 e. The van der Waals surface area contributed by atoms with Gasteiger partial charge < -0.3 is 24.6 Å². The highest BCUT2D eigenvalue weighted by Crippen LogP contribution is 2.37. The first kappa shape index (κ1) is 18.0. The summed E-state index contributed by atoms with van der Waals surface area (Å²) in [6.45, 7) is 1.53. The first-order valence-corrected chi connectivity index (χ1v) is 9.17. The van der Waals surface area contributed by atoms with Crippen LogP contribution in [-0.4, -0.2) is 42.2 Å². The van der Waals surface area contributed by atoms with E-state index >= 15 is 0 Å². The molecule has 2 aromatic rings. The van der Waals surface area contributed by atoms with Crippen LogP contribution in [-0.2, 0) is 16.1 Å². The van der Waals surface area contributed by atoms with Gasteiger partial charge in [-0.1, -0.05) is 30.3 Å². The zero-order valence-corrected chi connectivity index (χ0v) is 15.0. The number of carbonyl (C=O) groups excluding carboxylic acids is 1. The molecule has 2 fully saturated rings. The smallest absolute Gasteiger partial charge is 0.251 e. The van der Waals surface area contributed by atoms with Crippen molar-refractivity contribution in [3.63, 3.8) is 0 Å². The molecular weight excluding hydrogens is 346 g/mol. The molecule has 0 radical (unpaired) electrons. The number of rotatable bonds is 5. The number of hydrogen-bond acceptors (Lipinski definition) is 5. The molecule has 0 bridgehead atoms. The average molecular weight is 369 g/mol. The number of benzene rings is 2. The molecule has 1 saturated carbocycles. The first-order chi connectivity index (χ1) is 13.1. The van der Waals surface area contributed by atoms with Crippen molar-refractivity contribution in [1.82, 2.24) is 5.32 Å². The zero-order chi connectivity index (χ0) is 18.7. The Balaban J connectivity index is 1.32. The number of aliphatic hydroxyl groups excluding tert-OH is 1. The van der Waals surface area contributed by atoms with E-state index in [1.54, 1.807) is 24.3 Å². The van der Waals surface area contributed by atoms with E-state index in [0.29, 0.717) is 44.0 Å². The third-order valence-electron chi connectivity index (χ3n) is 5.01. The normalized spacial score (nSPS) is 23.4. The lowest BCUT2D eigenvalue weighted by Crippen LogP contribution is -2.40. The van der Waals surface area contributed by atoms with E-state index in [2.05, 4.69) is 5.32 Å². The van der Waals surface area contributed by atoms with Gasteiger partial charge in [0.1, 0.15) is 12.4 Å². The maximum Gasteiger partial charge on any atom is 0.251 e. The Hall–Kier alpha value is -2.41. The highest BCUT2D eigenvalue weighted by atomic mass is 16.7. The number of carbonyl (C=O) groups is 1. The average Bonchev–Trinajstić information content (AvgIpc) is 3.27. The van der Waals surface area contributed by atoms with Crippen LogP contribution in [0.1, 0.15) is 28.8 Å². The van der Waals surface area contributed by atoms with Gasteiger partial charge in [0.2, 0.25) is 0 Å². The molecule has 1 spiro atoms. The van der Waals surface area contributed by atoms with Crippen LogP contribution in [0, 0.1) is 0 Å². The van der Waals surface area contributed by atoms with Gasteiger partial charge in [-0.3, -0.25) is 4.79 Å². The van der Waals surface area contributed by atoms with Crippen LogP contribution in [0.15, 0.2) is 54.6 Å². The van der Waals surface area contributed by atoms with E-state index in [1.807, 2.05) is 30.3 Å². The van der Waals surface area contributed by atoms with Gasteiger partial charge in [-0.05, 0) is 29.8 Å². The van der Waals surface area contributed by atoms with Crippen molar-refractivity contribution in [2.45, 2.75) is 37.4 Å². The summed E-state index contributed by atoms with van der Waals surface area (Å²) in [7, 11) is 0. The first-order valence-electron chi connectivity index (χ1n) is 9.17. The summed E-state index contributed by atoms with van der Waals surface area (Å²) in [5.74, 6) is -0.279. The van der Waals surface area contributed by atoms with Crippen LogP contribution in [0.5, 0.6) is 5.75 Å². The van der Waals surface area contributed by atoms with E-state index in [9.17, 15) is 9.90 Å². The van der Waals surface area contributed by atoms with Gasteiger partial charge in [-0.2, -0.15) is 0 Å². The Morgan fingerprint density at radius 1 is 1.07 bits per heavy atom. The Morgan fingerprint density at radius 3 is 2.48 bits per heavy atom. The van der Waals surface area contributed by atoms with Crippen molar-refractivity contribution in [2.75, 3.05) is 13.2 Å². The summed E-state index contributed by atoms with van der Waals surface area (Å²) in [5.41, 5.74) is 1.60. The SMILES string of the molecule is O=C(N[C@@H]1CC2(C[C@H]1O)OCCO2)c1ccc(OCc2ccccc2)cc1. The monoisotopic (exact) mass is 369 g/mol. The van der Waals surface area contributed by atoms with Crippen LogP contribution in [0.4, 0.5) is 0 Å². The third kappa shape index (κ3) is 4.13. The second-order valence-corrected chi connectivity index (χ2v) is 6.96. The van der Waals surface area contributed by atoms with Gasteiger partial charge in [-0.15, -0.1) is 0 Å². The maximum atomic E-state index is 12.5. The largest absolute Gasteiger partial charge is 0.489 e. The molecule has 2 aromatic carbocycles. The van der Waals surface area contributed by atoms with Crippen molar-refractivity contribution in [3.8, 4) is 5.75 Å². The molecule has 2 aliphatic rings. The minimum atomic E-state index is -0.744. The van der Waals surface area contributed by atoms with Crippen LogP contribution >= 0.6 is 0 Å². The van der Waals surface area contributed by atoms with E-state index in [-0.39, 0.29) is 11.9 Å². The molecule has 2 atom stereocenters. The lowest BCUT2D eigenvalue weighted by Gasteiger charge is -2.21. The molecule has 1 aliphatic heterocycles. The van der Waals surface area contributed by atoms with E-state index in [4.69, 9.17) is 14.2 Å². The van der Waals surface area contributed by atoms with Crippen molar-refractivity contribution >= 4 is 5.91 Å². The summed E-state index contributed by atoms with van der Waals surface area (Å²) in [6, 6.07) is 16.5. The second kappa shape index (κ2) is 7.68. The molecule has 142 valence electrons. The predicted octanol–water partition coefficient (Wildman–Crippen LogP) is 2.26. The Morgan fingerprint density at radius 2 is 1.78 bits per heavy atom. The molecule has 1 heterocycles. The number of aliphatic hydroxyl groups is 1. The topological polar surface area (TPSA) is 77.0 Å². The van der Waals surface area contributed by atoms with Gasteiger partial charge in [0.15, 0.2) is 5.79 Å². The number of ether oxygens (including phenoxy) is 3. The quantitative estimate of drug-likeness (QED) is 0.845. The van der Waals surface area contributed by atoms with E-state index < -0.39 is 11.9 Å². The van der Waals surface area contributed by atoms with Crippen molar-refractivity contribution < 1.29 is 24.1 Å². The van der Waals surface area contributed by atoms with Crippen LogP contribution in [0.3, 0.4) is 0 Å². The molecule has 1 amide bonds. The number of amides is 1. The summed E-state index contributed by atoms with van der Waals surface area (Å²) < 4.78 is 17.0. The van der Waals surface area contributed by atoms with Crippen LogP contribution in [0.2, 0.25) is 0 Å². The molecule has 1 aliphatic carbocycles. The standard InChI is InChI=1S/C21H23NO5/c23-19-13-21(26-10-11-27-21)12-18(19)22-20(24)16-6-8-17(9-7-16)25-14-15-4-2-1-3-5-15/h1-9,18-19,23H,10-14H2,(H,22,24)/t18-,19-/m1/s1. The number of nitrogens with one attached hydrogen (secondary N) is 1. The molecule has 0 unspecified atom stereocenters. The Labute approximate surface area is 158 Å². The van der Waals surface area contributed by atoms with Gasteiger partial charge in [0, 0.05) is 18.4 Å².